The minimum absolute atomic E-state index is 0.0919. The summed E-state index contributed by atoms with van der Waals surface area (Å²) >= 11 is 0. The van der Waals surface area contributed by atoms with E-state index < -0.39 is 5.91 Å². The quantitative estimate of drug-likeness (QED) is 0.645. The van der Waals surface area contributed by atoms with Gasteiger partial charge in [0.05, 0.1) is 12.8 Å². The van der Waals surface area contributed by atoms with Crippen molar-refractivity contribution in [1.29, 1.82) is 0 Å². The van der Waals surface area contributed by atoms with Crippen LogP contribution in [0.3, 0.4) is 0 Å². The van der Waals surface area contributed by atoms with Gasteiger partial charge < -0.3 is 20.2 Å². The summed E-state index contributed by atoms with van der Waals surface area (Å²) in [5, 5.41) is 13.8. The Kier molecular flexibility index (Phi) is 5.93. The van der Waals surface area contributed by atoms with Crippen LogP contribution < -0.4 is 10.6 Å². The summed E-state index contributed by atoms with van der Waals surface area (Å²) in [6, 6.07) is 3.13. The second-order valence-electron chi connectivity index (χ2n) is 4.08. The van der Waals surface area contributed by atoms with E-state index in [1.54, 1.807) is 6.07 Å². The number of nitrogens with one attached hydrogen (secondary N) is 2. The van der Waals surface area contributed by atoms with Gasteiger partial charge in [-0.3, -0.25) is 9.59 Å². The Bertz CT molecular complexity index is 375. The third-order valence-electron chi connectivity index (χ3n) is 2.42. The Balaban J connectivity index is 2.19. The second kappa shape index (κ2) is 7.50. The first-order valence-electron chi connectivity index (χ1n) is 5.82. The molecule has 6 nitrogen and oxygen atoms in total. The predicted molar refractivity (Wildman–Crippen MR) is 64.9 cm³/mol. The topological polar surface area (TPSA) is 91.6 Å². The molecule has 0 radical (unpaired) electrons. The molecule has 0 bridgehead atoms. The second-order valence-corrected chi connectivity index (χ2v) is 4.08. The zero-order valence-corrected chi connectivity index (χ0v) is 10.3. The highest BCUT2D eigenvalue weighted by Crippen LogP contribution is 1.99. The summed E-state index contributed by atoms with van der Waals surface area (Å²) in [6.45, 7) is 2.42. The lowest BCUT2D eigenvalue weighted by Crippen LogP contribution is -2.38. The van der Waals surface area contributed by atoms with Crippen molar-refractivity contribution in [3.05, 3.63) is 24.2 Å². The van der Waals surface area contributed by atoms with Crippen molar-refractivity contribution in [3.8, 4) is 0 Å². The third kappa shape index (κ3) is 5.01. The molecule has 0 aliphatic heterocycles. The molecule has 100 valence electrons. The van der Waals surface area contributed by atoms with Crippen molar-refractivity contribution < 1.29 is 19.1 Å². The number of hydrogen-bond donors (Lipinski definition) is 3. The van der Waals surface area contributed by atoms with Gasteiger partial charge in [0.1, 0.15) is 0 Å². The van der Waals surface area contributed by atoms with E-state index in [1.807, 2.05) is 6.92 Å². The minimum atomic E-state index is -0.418. The van der Waals surface area contributed by atoms with Crippen LogP contribution >= 0.6 is 0 Å². The van der Waals surface area contributed by atoms with Crippen LogP contribution in [0.5, 0.6) is 0 Å². The minimum Gasteiger partial charge on any atom is -0.459 e. The van der Waals surface area contributed by atoms with Crippen LogP contribution in [-0.2, 0) is 4.79 Å². The van der Waals surface area contributed by atoms with E-state index >= 15 is 0 Å². The molecule has 18 heavy (non-hydrogen) atoms. The normalized spacial score (nSPS) is 11.9. The molecule has 6 heteroatoms. The number of carbonyl (C=O) groups is 2. The standard InChI is InChI=1S/C12H18N2O4/c1-9(4-5-15)7-13-11(16)8-14-12(17)10-3-2-6-18-10/h2-3,6,9,15H,4-5,7-8H2,1H3,(H,13,16)(H,14,17). The maximum absolute atomic E-state index is 11.4. The Labute approximate surface area is 105 Å². The fourth-order valence-electron chi connectivity index (χ4n) is 1.33. The highest BCUT2D eigenvalue weighted by atomic mass is 16.3. The molecule has 3 N–H and O–H groups in total. The summed E-state index contributed by atoms with van der Waals surface area (Å²) in [5.41, 5.74) is 0. The highest BCUT2D eigenvalue weighted by Gasteiger charge is 2.10. The number of furan rings is 1. The number of carbonyl (C=O) groups excluding carboxylic acids is 2. The number of amides is 2. The third-order valence-corrected chi connectivity index (χ3v) is 2.42. The zero-order chi connectivity index (χ0) is 13.4. The van der Waals surface area contributed by atoms with E-state index in [0.717, 1.165) is 0 Å². The summed E-state index contributed by atoms with van der Waals surface area (Å²) in [7, 11) is 0. The molecule has 1 heterocycles. The molecule has 0 aliphatic carbocycles. The predicted octanol–water partition coefficient (Wildman–Crippen LogP) is 0.144. The molecular formula is C12H18N2O4. The van der Waals surface area contributed by atoms with E-state index in [-0.39, 0.29) is 30.7 Å². The van der Waals surface area contributed by atoms with Gasteiger partial charge in [-0.2, -0.15) is 0 Å². The van der Waals surface area contributed by atoms with E-state index in [1.165, 1.54) is 12.3 Å². The molecule has 2 amide bonds. The fraction of sp³-hybridized carbons (Fsp3) is 0.500. The Morgan fingerprint density at radius 3 is 2.83 bits per heavy atom. The van der Waals surface area contributed by atoms with Crippen molar-refractivity contribution >= 4 is 11.8 Å². The number of aliphatic hydroxyl groups is 1. The van der Waals surface area contributed by atoms with Crippen molar-refractivity contribution in [3.63, 3.8) is 0 Å². The van der Waals surface area contributed by atoms with Gasteiger partial charge in [0.15, 0.2) is 5.76 Å². The first kappa shape index (κ1) is 14.2. The SMILES string of the molecule is CC(CCO)CNC(=O)CNC(=O)c1ccco1. The van der Waals surface area contributed by atoms with Crippen molar-refractivity contribution in [1.82, 2.24) is 10.6 Å². The average Bonchev–Trinajstić information content (AvgIpc) is 2.87. The average molecular weight is 254 g/mol. The van der Waals surface area contributed by atoms with Gasteiger partial charge in [-0.05, 0) is 24.5 Å². The van der Waals surface area contributed by atoms with Crippen molar-refractivity contribution in [2.45, 2.75) is 13.3 Å². The molecule has 0 aliphatic rings. The van der Waals surface area contributed by atoms with Gasteiger partial charge in [-0.15, -0.1) is 0 Å². The molecule has 1 aromatic heterocycles. The van der Waals surface area contributed by atoms with Gasteiger partial charge >= 0.3 is 0 Å². The highest BCUT2D eigenvalue weighted by molar-refractivity contribution is 5.94. The van der Waals surface area contributed by atoms with E-state index in [9.17, 15) is 9.59 Å². The molecule has 0 fully saturated rings. The van der Waals surface area contributed by atoms with Crippen LogP contribution in [0.15, 0.2) is 22.8 Å². The summed E-state index contributed by atoms with van der Waals surface area (Å²) < 4.78 is 4.89. The summed E-state index contributed by atoms with van der Waals surface area (Å²) in [4.78, 5) is 22.8. The first-order chi connectivity index (χ1) is 8.63. The molecule has 0 saturated heterocycles. The van der Waals surface area contributed by atoms with Crippen molar-refractivity contribution in [2.24, 2.45) is 5.92 Å². The Morgan fingerprint density at radius 2 is 2.22 bits per heavy atom. The van der Waals surface area contributed by atoms with Crippen LogP contribution in [0.4, 0.5) is 0 Å². The van der Waals surface area contributed by atoms with E-state index in [4.69, 9.17) is 9.52 Å². The van der Waals surface area contributed by atoms with E-state index in [2.05, 4.69) is 10.6 Å². The lowest BCUT2D eigenvalue weighted by molar-refractivity contribution is -0.120. The molecule has 1 rings (SSSR count). The molecular weight excluding hydrogens is 236 g/mol. The van der Waals surface area contributed by atoms with Crippen LogP contribution in [-0.4, -0.2) is 36.6 Å². The Morgan fingerprint density at radius 1 is 1.44 bits per heavy atom. The van der Waals surface area contributed by atoms with Gasteiger partial charge in [0.2, 0.25) is 5.91 Å². The van der Waals surface area contributed by atoms with Crippen molar-refractivity contribution in [2.75, 3.05) is 19.7 Å². The lowest BCUT2D eigenvalue weighted by Gasteiger charge is -2.11. The monoisotopic (exact) mass is 254 g/mol. The number of hydrogen-bond acceptors (Lipinski definition) is 4. The smallest absolute Gasteiger partial charge is 0.287 e. The van der Waals surface area contributed by atoms with Crippen LogP contribution in [0.25, 0.3) is 0 Å². The van der Waals surface area contributed by atoms with Gasteiger partial charge in [0.25, 0.3) is 5.91 Å². The maximum Gasteiger partial charge on any atom is 0.287 e. The van der Waals surface area contributed by atoms with Gasteiger partial charge in [0, 0.05) is 13.2 Å². The van der Waals surface area contributed by atoms with E-state index in [0.29, 0.717) is 13.0 Å². The molecule has 0 saturated carbocycles. The largest absolute Gasteiger partial charge is 0.459 e. The molecule has 0 aromatic carbocycles. The summed E-state index contributed by atoms with van der Waals surface area (Å²) in [5.74, 6) is -0.297. The lowest BCUT2D eigenvalue weighted by atomic mass is 10.1. The van der Waals surface area contributed by atoms with Crippen LogP contribution in [0, 0.1) is 5.92 Å². The maximum atomic E-state index is 11.4. The first-order valence-corrected chi connectivity index (χ1v) is 5.82. The van der Waals surface area contributed by atoms with Gasteiger partial charge in [-0.25, -0.2) is 0 Å². The number of aliphatic hydroxyl groups excluding tert-OH is 1. The molecule has 1 aromatic rings. The van der Waals surface area contributed by atoms with Gasteiger partial charge in [-0.1, -0.05) is 6.92 Å². The molecule has 0 spiro atoms. The molecule has 1 unspecified atom stereocenters. The zero-order valence-electron chi connectivity index (χ0n) is 10.3. The van der Waals surface area contributed by atoms with Crippen LogP contribution in [0.1, 0.15) is 23.9 Å². The Hall–Kier alpha value is -1.82. The number of rotatable bonds is 7. The van der Waals surface area contributed by atoms with Crippen LogP contribution in [0.2, 0.25) is 0 Å². The summed E-state index contributed by atoms with van der Waals surface area (Å²) in [6.07, 6.45) is 2.03. The fourth-order valence-corrected chi connectivity index (χ4v) is 1.33. The molecule has 1 atom stereocenters.